The molecule has 0 unspecified atom stereocenters. The highest BCUT2D eigenvalue weighted by Crippen LogP contribution is 2.47. The van der Waals surface area contributed by atoms with Crippen molar-refractivity contribution in [3.63, 3.8) is 0 Å². The Hall–Kier alpha value is -8.21. The number of para-hydroxylation sites is 3. The Kier molecular flexibility index (Phi) is 8.13. The highest BCUT2D eigenvalue weighted by atomic mass is 16.3. The number of hydrogen-bond donors (Lipinski definition) is 0. The highest BCUT2D eigenvalue weighted by molar-refractivity contribution is 6.27. The minimum atomic E-state index is 0.693. The summed E-state index contributed by atoms with van der Waals surface area (Å²) in [6.45, 7) is 0. The molecule has 3 heterocycles. The summed E-state index contributed by atoms with van der Waals surface area (Å²) in [5.41, 5.74) is 15.3. The van der Waals surface area contributed by atoms with Crippen LogP contribution in [0.2, 0.25) is 0 Å². The number of hydrogen-bond acceptors (Lipinski definition) is 4. The van der Waals surface area contributed by atoms with Crippen molar-refractivity contribution in [2.24, 2.45) is 0 Å². The van der Waals surface area contributed by atoms with Crippen LogP contribution in [0.25, 0.3) is 122 Å². The van der Waals surface area contributed by atoms with Crippen LogP contribution in [0.1, 0.15) is 0 Å². The molecule has 4 heteroatoms. The summed E-state index contributed by atoms with van der Waals surface area (Å²) in [5.74, 6) is 0.693. The second-order valence-electron chi connectivity index (χ2n) is 15.5. The van der Waals surface area contributed by atoms with Crippen molar-refractivity contribution in [2.45, 2.75) is 0 Å². The molecule has 0 aliphatic rings. The number of benzene rings is 9. The third-order valence-electron chi connectivity index (χ3n) is 11.8. The Balaban J connectivity index is 1.01. The van der Waals surface area contributed by atoms with Gasteiger partial charge in [-0.1, -0.05) is 176 Å². The van der Waals surface area contributed by atoms with Gasteiger partial charge in [0.2, 0.25) is 0 Å². The lowest BCUT2D eigenvalue weighted by molar-refractivity contribution is 0.669. The molecule has 0 aliphatic carbocycles. The molecule has 0 atom stereocenters. The number of aromatic nitrogens is 3. The molecule has 12 rings (SSSR count). The molecule has 0 N–H and O–H groups in total. The number of pyridine rings is 1. The van der Waals surface area contributed by atoms with Crippen LogP contribution in [0.3, 0.4) is 0 Å². The van der Waals surface area contributed by atoms with Crippen molar-refractivity contribution in [1.82, 2.24) is 15.0 Å². The van der Waals surface area contributed by atoms with Crippen LogP contribution in [0.5, 0.6) is 0 Å². The summed E-state index contributed by atoms with van der Waals surface area (Å²) in [4.78, 5) is 15.6. The molecule has 0 bridgehead atoms. The Morgan fingerprint density at radius 2 is 0.803 bits per heavy atom. The van der Waals surface area contributed by atoms with Crippen molar-refractivity contribution < 1.29 is 4.42 Å². The number of rotatable bonds is 6. The standard InChI is InChI=1S/C57H35N3O/c1-3-15-36(16-4-1)41-20-14-22-43(34-41)56-45-24-8-11-27-49(45)59-57(60-56)39-31-29-37(30-32-39)40-19-13-21-42(33-40)52-53-44-23-7-10-26-48(44)58-55(38-17-5-2-6-18-38)47(53)35-51-54(52)46-25-9-12-28-50(46)61-51/h1-35H. The van der Waals surface area contributed by atoms with Crippen molar-refractivity contribution in [2.75, 3.05) is 0 Å². The number of furan rings is 1. The van der Waals surface area contributed by atoms with Gasteiger partial charge in [0, 0.05) is 54.6 Å². The first-order valence-corrected chi connectivity index (χ1v) is 20.6. The summed E-state index contributed by atoms with van der Waals surface area (Å²) in [7, 11) is 0. The average Bonchev–Trinajstić information content (AvgIpc) is 3.71. The third kappa shape index (κ3) is 5.96. The Morgan fingerprint density at radius 1 is 0.279 bits per heavy atom. The highest BCUT2D eigenvalue weighted by Gasteiger charge is 2.22. The Labute approximate surface area is 352 Å². The second kappa shape index (κ2) is 14.3. The van der Waals surface area contributed by atoms with Gasteiger partial charge in [-0.15, -0.1) is 0 Å². The fourth-order valence-electron chi connectivity index (χ4n) is 8.99. The first kappa shape index (κ1) is 34.8. The van der Waals surface area contributed by atoms with Gasteiger partial charge in [-0.3, -0.25) is 0 Å². The van der Waals surface area contributed by atoms with E-state index in [4.69, 9.17) is 19.4 Å². The van der Waals surface area contributed by atoms with Crippen LogP contribution in [0, 0.1) is 0 Å². The van der Waals surface area contributed by atoms with E-state index in [0.717, 1.165) is 110 Å². The van der Waals surface area contributed by atoms with Gasteiger partial charge in [-0.05, 0) is 64.2 Å². The molecule has 3 aromatic heterocycles. The average molecular weight is 778 g/mol. The number of nitrogens with zero attached hydrogens (tertiary/aromatic N) is 3. The summed E-state index contributed by atoms with van der Waals surface area (Å²) in [6.07, 6.45) is 0. The minimum absolute atomic E-state index is 0.693. The Morgan fingerprint density at radius 3 is 1.56 bits per heavy atom. The fraction of sp³-hybridized carbons (Fsp3) is 0. The van der Waals surface area contributed by atoms with E-state index in [1.165, 1.54) is 5.56 Å². The van der Waals surface area contributed by atoms with Gasteiger partial charge in [-0.25, -0.2) is 15.0 Å². The van der Waals surface area contributed by atoms with Gasteiger partial charge in [0.1, 0.15) is 11.2 Å². The van der Waals surface area contributed by atoms with Gasteiger partial charge in [0.05, 0.1) is 22.4 Å². The maximum Gasteiger partial charge on any atom is 0.160 e. The maximum absolute atomic E-state index is 6.65. The molecular formula is C57H35N3O. The van der Waals surface area contributed by atoms with Crippen LogP contribution < -0.4 is 0 Å². The SMILES string of the molecule is c1ccc(-c2cccc(-c3nc(-c4ccc(-c5cccc(-c6c7c(cc8c(-c9ccccc9)nc9ccccc9c68)oc6ccccc67)c5)cc4)nc4ccccc34)c2)cc1. The monoisotopic (exact) mass is 777 g/mol. The fourth-order valence-corrected chi connectivity index (χ4v) is 8.99. The van der Waals surface area contributed by atoms with Crippen molar-refractivity contribution in [3.05, 3.63) is 212 Å². The van der Waals surface area contributed by atoms with E-state index in [1.807, 2.05) is 24.3 Å². The van der Waals surface area contributed by atoms with E-state index in [1.54, 1.807) is 0 Å². The summed E-state index contributed by atoms with van der Waals surface area (Å²) >= 11 is 0. The van der Waals surface area contributed by atoms with Gasteiger partial charge < -0.3 is 4.42 Å². The van der Waals surface area contributed by atoms with E-state index >= 15 is 0 Å². The van der Waals surface area contributed by atoms with Gasteiger partial charge >= 0.3 is 0 Å². The maximum atomic E-state index is 6.65. The van der Waals surface area contributed by atoms with Crippen molar-refractivity contribution in [1.29, 1.82) is 0 Å². The lowest BCUT2D eigenvalue weighted by atomic mass is 9.88. The largest absolute Gasteiger partial charge is 0.456 e. The topological polar surface area (TPSA) is 51.8 Å². The first-order valence-electron chi connectivity index (χ1n) is 20.6. The van der Waals surface area contributed by atoms with Crippen LogP contribution in [0.15, 0.2) is 217 Å². The van der Waals surface area contributed by atoms with Crippen LogP contribution in [0.4, 0.5) is 0 Å². The molecule has 61 heavy (non-hydrogen) atoms. The summed E-state index contributed by atoms with van der Waals surface area (Å²) < 4.78 is 6.65. The zero-order valence-electron chi connectivity index (χ0n) is 33.0. The van der Waals surface area contributed by atoms with E-state index in [0.29, 0.717) is 5.82 Å². The second-order valence-corrected chi connectivity index (χ2v) is 15.5. The molecule has 284 valence electrons. The number of fused-ring (bicyclic) bond motifs is 7. The predicted octanol–water partition coefficient (Wildman–Crippen LogP) is 15.2. The van der Waals surface area contributed by atoms with E-state index < -0.39 is 0 Å². The molecule has 0 radical (unpaired) electrons. The van der Waals surface area contributed by atoms with Crippen LogP contribution in [-0.2, 0) is 0 Å². The van der Waals surface area contributed by atoms with Crippen molar-refractivity contribution >= 4 is 54.5 Å². The van der Waals surface area contributed by atoms with Gasteiger partial charge in [-0.2, -0.15) is 0 Å². The van der Waals surface area contributed by atoms with E-state index in [2.05, 4.69) is 188 Å². The summed E-state index contributed by atoms with van der Waals surface area (Å²) in [5, 5.41) is 6.54. The molecule has 0 amide bonds. The van der Waals surface area contributed by atoms with Crippen molar-refractivity contribution in [3.8, 4) is 67.3 Å². The normalized spacial score (nSPS) is 11.6. The van der Waals surface area contributed by atoms with Crippen LogP contribution >= 0.6 is 0 Å². The quantitative estimate of drug-likeness (QED) is 0.158. The molecule has 0 fully saturated rings. The molecule has 0 spiro atoms. The molecule has 0 saturated carbocycles. The summed E-state index contributed by atoms with van der Waals surface area (Å²) in [6, 6.07) is 74.4. The van der Waals surface area contributed by atoms with E-state index in [9.17, 15) is 0 Å². The molecular weight excluding hydrogens is 743 g/mol. The van der Waals surface area contributed by atoms with Gasteiger partial charge in [0.25, 0.3) is 0 Å². The van der Waals surface area contributed by atoms with Gasteiger partial charge in [0.15, 0.2) is 5.82 Å². The molecule has 9 aromatic carbocycles. The zero-order valence-corrected chi connectivity index (χ0v) is 33.0. The zero-order chi connectivity index (χ0) is 40.3. The molecule has 0 aliphatic heterocycles. The Bertz CT molecular complexity index is 3630. The smallest absolute Gasteiger partial charge is 0.160 e. The first-order chi connectivity index (χ1) is 30.2. The third-order valence-corrected chi connectivity index (χ3v) is 11.8. The minimum Gasteiger partial charge on any atom is -0.456 e. The molecule has 4 nitrogen and oxygen atoms in total. The lowest BCUT2D eigenvalue weighted by Crippen LogP contribution is -1.95. The van der Waals surface area contributed by atoms with E-state index in [-0.39, 0.29) is 0 Å². The van der Waals surface area contributed by atoms with Crippen LogP contribution in [-0.4, -0.2) is 15.0 Å². The molecule has 12 aromatic rings. The lowest BCUT2D eigenvalue weighted by Gasteiger charge is -2.16. The molecule has 0 saturated heterocycles. The predicted molar refractivity (Wildman–Crippen MR) is 252 cm³/mol.